The molecule has 1 aliphatic rings. The number of amides is 1. The molecule has 3 nitrogen and oxygen atoms in total. The molecule has 0 aromatic heterocycles. The maximum Gasteiger partial charge on any atom is 0.257 e. The van der Waals surface area contributed by atoms with Crippen LogP contribution in [0.2, 0.25) is 0 Å². The Balaban J connectivity index is 0.00000162. The second-order valence-electron chi connectivity index (χ2n) is 4.46. The summed E-state index contributed by atoms with van der Waals surface area (Å²) in [6.45, 7) is 5.39. The number of nitrogens with zero attached hydrogens (tertiary/aromatic N) is 1. The molecule has 2 atom stereocenters. The van der Waals surface area contributed by atoms with Gasteiger partial charge in [-0.05, 0) is 26.0 Å². The summed E-state index contributed by atoms with van der Waals surface area (Å²) in [7, 11) is 0. The van der Waals surface area contributed by atoms with Crippen molar-refractivity contribution in [3.8, 4) is 0 Å². The number of halogens is 2. The molecule has 1 saturated heterocycles. The van der Waals surface area contributed by atoms with Gasteiger partial charge in [0.15, 0.2) is 0 Å². The Bertz CT molecular complexity index is 427. The fraction of sp³-hybridized carbons (Fsp3) is 0.462. The number of carbonyl (C=O) groups is 1. The van der Waals surface area contributed by atoms with Crippen LogP contribution < -0.4 is 5.32 Å². The van der Waals surface area contributed by atoms with Crippen LogP contribution >= 0.6 is 12.4 Å². The monoisotopic (exact) mass is 272 g/mol. The van der Waals surface area contributed by atoms with E-state index in [0.717, 1.165) is 6.54 Å². The smallest absolute Gasteiger partial charge is 0.257 e. The van der Waals surface area contributed by atoms with Crippen molar-refractivity contribution in [1.29, 1.82) is 0 Å². The second-order valence-corrected chi connectivity index (χ2v) is 4.46. The van der Waals surface area contributed by atoms with Crippen LogP contribution in [0, 0.1) is 5.82 Å². The van der Waals surface area contributed by atoms with Crippen molar-refractivity contribution in [3.05, 3.63) is 35.6 Å². The fourth-order valence-electron chi connectivity index (χ4n) is 2.13. The van der Waals surface area contributed by atoms with Crippen molar-refractivity contribution >= 4 is 18.3 Å². The minimum absolute atomic E-state index is 0. The van der Waals surface area contributed by atoms with Gasteiger partial charge in [0, 0.05) is 25.2 Å². The van der Waals surface area contributed by atoms with Crippen molar-refractivity contribution < 1.29 is 9.18 Å². The van der Waals surface area contributed by atoms with Gasteiger partial charge in [0.25, 0.3) is 5.91 Å². The van der Waals surface area contributed by atoms with Crippen LogP contribution in [-0.2, 0) is 0 Å². The van der Waals surface area contributed by atoms with Crippen LogP contribution in [0.3, 0.4) is 0 Å². The Kier molecular flexibility index (Phi) is 5.11. The minimum atomic E-state index is -0.448. The molecule has 1 amide bonds. The van der Waals surface area contributed by atoms with Crippen LogP contribution in [0.1, 0.15) is 24.2 Å². The van der Waals surface area contributed by atoms with E-state index < -0.39 is 5.82 Å². The average Bonchev–Trinajstić information content (AvgIpc) is 2.32. The van der Waals surface area contributed by atoms with Crippen molar-refractivity contribution in [2.45, 2.75) is 25.9 Å². The van der Waals surface area contributed by atoms with E-state index in [1.165, 1.54) is 12.1 Å². The highest BCUT2D eigenvalue weighted by atomic mass is 35.5. The van der Waals surface area contributed by atoms with Crippen LogP contribution in [-0.4, -0.2) is 36.0 Å². The lowest BCUT2D eigenvalue weighted by Gasteiger charge is -2.38. The summed E-state index contributed by atoms with van der Waals surface area (Å²) in [6.07, 6.45) is 0. The van der Waals surface area contributed by atoms with Gasteiger partial charge in [0.2, 0.25) is 0 Å². The number of hydrogen-bond acceptors (Lipinski definition) is 2. The van der Waals surface area contributed by atoms with Crippen molar-refractivity contribution in [1.82, 2.24) is 10.2 Å². The molecule has 1 aromatic rings. The summed E-state index contributed by atoms with van der Waals surface area (Å²) in [6, 6.07) is 6.46. The summed E-state index contributed by atoms with van der Waals surface area (Å²) in [4.78, 5) is 14.0. The number of piperazine rings is 1. The molecule has 0 bridgehead atoms. The first-order chi connectivity index (χ1) is 8.11. The van der Waals surface area contributed by atoms with Gasteiger partial charge in [-0.15, -0.1) is 12.4 Å². The van der Waals surface area contributed by atoms with E-state index in [9.17, 15) is 9.18 Å². The lowest BCUT2D eigenvalue weighted by Crippen LogP contribution is -2.57. The Hall–Kier alpha value is -1.13. The Morgan fingerprint density at radius 2 is 2.06 bits per heavy atom. The normalized spacial score (nSPS) is 23.4. The zero-order valence-electron chi connectivity index (χ0n) is 10.5. The van der Waals surface area contributed by atoms with E-state index in [-0.39, 0.29) is 36.0 Å². The number of rotatable bonds is 1. The molecule has 2 unspecified atom stereocenters. The molecule has 0 radical (unpaired) electrons. The van der Waals surface area contributed by atoms with Crippen molar-refractivity contribution in [2.24, 2.45) is 0 Å². The lowest BCUT2D eigenvalue weighted by molar-refractivity contribution is 0.0598. The molecular weight excluding hydrogens is 255 g/mol. The Morgan fingerprint density at radius 1 is 1.39 bits per heavy atom. The van der Waals surface area contributed by atoms with Crippen LogP contribution in [0.15, 0.2) is 24.3 Å². The summed E-state index contributed by atoms with van der Waals surface area (Å²) in [5.74, 6) is -0.667. The zero-order chi connectivity index (χ0) is 12.4. The molecule has 0 saturated carbocycles. The molecule has 1 aliphatic heterocycles. The van der Waals surface area contributed by atoms with Gasteiger partial charge < -0.3 is 10.2 Å². The first-order valence-corrected chi connectivity index (χ1v) is 5.90. The molecule has 1 heterocycles. The molecule has 0 spiro atoms. The third-order valence-electron chi connectivity index (χ3n) is 3.40. The topological polar surface area (TPSA) is 32.3 Å². The molecule has 0 aliphatic carbocycles. The quantitative estimate of drug-likeness (QED) is 0.849. The SMILES string of the molecule is CC1NCCN(C(=O)c2ccccc2F)C1C.Cl. The predicted molar refractivity (Wildman–Crippen MR) is 71.6 cm³/mol. The van der Waals surface area contributed by atoms with Gasteiger partial charge in [-0.25, -0.2) is 4.39 Å². The minimum Gasteiger partial charge on any atom is -0.333 e. The largest absolute Gasteiger partial charge is 0.333 e. The summed E-state index contributed by atoms with van der Waals surface area (Å²) < 4.78 is 13.6. The molecule has 100 valence electrons. The van der Waals surface area contributed by atoms with Crippen LogP contribution in [0.25, 0.3) is 0 Å². The highest BCUT2D eigenvalue weighted by molar-refractivity contribution is 5.94. The van der Waals surface area contributed by atoms with Gasteiger partial charge in [-0.1, -0.05) is 12.1 Å². The van der Waals surface area contributed by atoms with E-state index in [1.807, 2.05) is 13.8 Å². The molecule has 18 heavy (non-hydrogen) atoms. The Labute approximate surface area is 113 Å². The third kappa shape index (κ3) is 2.82. The van der Waals surface area contributed by atoms with Gasteiger partial charge >= 0.3 is 0 Å². The van der Waals surface area contributed by atoms with E-state index >= 15 is 0 Å². The molecule has 1 N–H and O–H groups in total. The molecular formula is C13H18ClFN2O. The highest BCUT2D eigenvalue weighted by Crippen LogP contribution is 2.15. The van der Waals surface area contributed by atoms with Crippen LogP contribution in [0.5, 0.6) is 0 Å². The van der Waals surface area contributed by atoms with Gasteiger partial charge in [0.1, 0.15) is 5.82 Å². The summed E-state index contributed by atoms with van der Waals surface area (Å²) >= 11 is 0. The third-order valence-corrected chi connectivity index (χ3v) is 3.40. The van der Waals surface area contributed by atoms with E-state index in [1.54, 1.807) is 17.0 Å². The van der Waals surface area contributed by atoms with E-state index in [4.69, 9.17) is 0 Å². The van der Waals surface area contributed by atoms with Gasteiger partial charge in [-0.3, -0.25) is 4.79 Å². The second kappa shape index (κ2) is 6.16. The van der Waals surface area contributed by atoms with Crippen LogP contribution in [0.4, 0.5) is 4.39 Å². The van der Waals surface area contributed by atoms with E-state index in [2.05, 4.69) is 5.32 Å². The summed E-state index contributed by atoms with van der Waals surface area (Å²) in [5.41, 5.74) is 0.161. The average molecular weight is 273 g/mol. The molecule has 1 aromatic carbocycles. The zero-order valence-corrected chi connectivity index (χ0v) is 11.3. The standard InChI is InChI=1S/C13H17FN2O.ClH/c1-9-10(2)16(8-7-15-9)13(17)11-5-3-4-6-12(11)14;/h3-6,9-10,15H,7-8H2,1-2H3;1H. The lowest BCUT2D eigenvalue weighted by atomic mass is 10.1. The first-order valence-electron chi connectivity index (χ1n) is 5.90. The highest BCUT2D eigenvalue weighted by Gasteiger charge is 2.29. The van der Waals surface area contributed by atoms with E-state index in [0.29, 0.717) is 6.54 Å². The fourth-order valence-corrected chi connectivity index (χ4v) is 2.13. The van der Waals surface area contributed by atoms with Crippen molar-refractivity contribution in [2.75, 3.05) is 13.1 Å². The Morgan fingerprint density at radius 3 is 2.72 bits per heavy atom. The van der Waals surface area contributed by atoms with Gasteiger partial charge in [-0.2, -0.15) is 0 Å². The number of hydrogen-bond donors (Lipinski definition) is 1. The number of nitrogens with one attached hydrogen (secondary N) is 1. The molecule has 5 heteroatoms. The maximum absolute atomic E-state index is 13.6. The predicted octanol–water partition coefficient (Wildman–Crippen LogP) is 2.07. The molecule has 1 fully saturated rings. The number of carbonyl (C=O) groups excluding carboxylic acids is 1. The summed E-state index contributed by atoms with van der Waals surface area (Å²) in [5, 5.41) is 3.30. The molecule has 2 rings (SSSR count). The first kappa shape index (κ1) is 14.9. The number of benzene rings is 1. The maximum atomic E-state index is 13.6. The van der Waals surface area contributed by atoms with Gasteiger partial charge in [0.05, 0.1) is 5.56 Å². The van der Waals surface area contributed by atoms with Crippen molar-refractivity contribution in [3.63, 3.8) is 0 Å².